The van der Waals surface area contributed by atoms with Crippen LogP contribution in [0.25, 0.3) is 32.3 Å². The Kier molecular flexibility index (Phi) is 25.1. The van der Waals surface area contributed by atoms with Gasteiger partial charge in [-0.3, -0.25) is 0 Å². The van der Waals surface area contributed by atoms with Gasteiger partial charge in [-0.15, -0.1) is 0 Å². The molecule has 9 aromatic carbocycles. The third kappa shape index (κ3) is 19.5. The fourth-order valence-electron chi connectivity index (χ4n) is 9.64. The van der Waals surface area contributed by atoms with Crippen molar-refractivity contribution in [3.63, 3.8) is 0 Å². The lowest BCUT2D eigenvalue weighted by atomic mass is 10.1. The van der Waals surface area contributed by atoms with Crippen LogP contribution in [0.1, 0.15) is 93.7 Å². The first-order chi connectivity index (χ1) is 39.2. The largest absolute Gasteiger partial charge is 0.241 e. The molecule has 9 nitrogen and oxygen atoms in total. The Morgan fingerprint density at radius 2 is 0.481 bits per heavy atom. The number of nitrogens with one attached hydrogen (secondary N) is 3. The molecule has 0 saturated carbocycles. The van der Waals surface area contributed by atoms with E-state index < -0.39 is 30.1 Å². The molecule has 0 aliphatic carbocycles. The van der Waals surface area contributed by atoms with Crippen LogP contribution in [-0.4, -0.2) is 44.9 Å². The number of unbranched alkanes of at least 4 members (excludes halogenated alkanes) is 9. The highest BCUT2D eigenvalue weighted by molar-refractivity contribution is 7.90. The standard InChI is InChI=1S/3C22H24ClNO2S/c3*23-21-15-8-14-20-19(21)13-9-16-22(20)27(25,26)24-17-7-2-1-4-10-18-11-5-3-6-12-18/h3*3,5-6,8-9,11-16,24H,1-2,4,7,10,17H2. The fraction of sp³-hybridized carbons (Fsp3) is 0.273. The van der Waals surface area contributed by atoms with Crippen molar-refractivity contribution in [1.29, 1.82) is 0 Å². The predicted molar refractivity (Wildman–Crippen MR) is 338 cm³/mol. The maximum absolute atomic E-state index is 12.7. The van der Waals surface area contributed by atoms with Crippen LogP contribution in [0.4, 0.5) is 0 Å². The van der Waals surface area contributed by atoms with Gasteiger partial charge in [0.15, 0.2) is 0 Å². The second-order valence-corrected chi connectivity index (χ2v) is 26.3. The predicted octanol–water partition coefficient (Wildman–Crippen LogP) is 16.7. The number of sulfonamides is 3. The summed E-state index contributed by atoms with van der Waals surface area (Å²) in [6, 6.07) is 62.9. The fourth-order valence-corrected chi connectivity index (χ4v) is 14.2. The zero-order valence-corrected chi connectivity index (χ0v) is 50.3. The lowest BCUT2D eigenvalue weighted by Crippen LogP contribution is -2.25. The lowest BCUT2D eigenvalue weighted by molar-refractivity contribution is 0.571. The van der Waals surface area contributed by atoms with Crippen LogP contribution >= 0.6 is 34.8 Å². The van der Waals surface area contributed by atoms with Gasteiger partial charge in [0.05, 0.1) is 14.7 Å². The van der Waals surface area contributed by atoms with Crippen molar-refractivity contribution in [3.05, 3.63) is 232 Å². The minimum Gasteiger partial charge on any atom is -0.211 e. The Morgan fingerprint density at radius 1 is 0.247 bits per heavy atom. The van der Waals surface area contributed by atoms with Gasteiger partial charge in [0.2, 0.25) is 30.1 Å². The quantitative estimate of drug-likeness (QED) is 0.0438. The molecule has 0 aromatic heterocycles. The molecule has 0 fully saturated rings. The van der Waals surface area contributed by atoms with Gasteiger partial charge in [-0.2, -0.15) is 0 Å². The first-order valence-corrected chi connectivity index (χ1v) is 33.4. The maximum Gasteiger partial charge on any atom is 0.241 e. The van der Waals surface area contributed by atoms with Gasteiger partial charge in [0.1, 0.15) is 0 Å². The molecule has 9 aromatic rings. The van der Waals surface area contributed by atoms with Crippen LogP contribution in [0.15, 0.2) is 215 Å². The summed E-state index contributed by atoms with van der Waals surface area (Å²) in [7, 11) is -10.6. The summed E-state index contributed by atoms with van der Waals surface area (Å²) in [6.07, 6.45) is 15.4. The Morgan fingerprint density at radius 3 is 0.753 bits per heavy atom. The second kappa shape index (κ2) is 32.3. The Bertz CT molecular complexity index is 3350. The van der Waals surface area contributed by atoms with Crippen LogP contribution in [0.2, 0.25) is 15.1 Å². The summed E-state index contributed by atoms with van der Waals surface area (Å²) in [5.74, 6) is 0. The topological polar surface area (TPSA) is 139 Å². The van der Waals surface area contributed by atoms with Crippen molar-refractivity contribution < 1.29 is 25.3 Å². The summed E-state index contributed by atoms with van der Waals surface area (Å²) in [6.45, 7) is 1.35. The van der Waals surface area contributed by atoms with E-state index in [2.05, 4.69) is 87.0 Å². The van der Waals surface area contributed by atoms with Gasteiger partial charge >= 0.3 is 0 Å². The van der Waals surface area contributed by atoms with E-state index in [1.165, 1.54) is 16.7 Å². The summed E-state index contributed by atoms with van der Waals surface area (Å²) >= 11 is 18.6. The third-order valence-electron chi connectivity index (χ3n) is 13.9. The zero-order valence-electron chi connectivity index (χ0n) is 45.6. The first kappa shape index (κ1) is 63.0. The van der Waals surface area contributed by atoms with Gasteiger partial charge < -0.3 is 0 Å². The van der Waals surface area contributed by atoms with E-state index in [1.807, 2.05) is 36.4 Å². The van der Waals surface area contributed by atoms with Crippen molar-refractivity contribution in [2.45, 2.75) is 111 Å². The normalized spacial score (nSPS) is 11.7. The molecule has 3 N–H and O–H groups in total. The maximum atomic E-state index is 12.7. The van der Waals surface area contributed by atoms with E-state index in [-0.39, 0.29) is 14.7 Å². The number of halogens is 3. The highest BCUT2D eigenvalue weighted by Gasteiger charge is 2.20. The van der Waals surface area contributed by atoms with Crippen LogP contribution in [0.5, 0.6) is 0 Å². The molecule has 0 amide bonds. The monoisotopic (exact) mass is 1200 g/mol. The molecular weight excluding hydrogens is 1130 g/mol. The molecule has 0 bridgehead atoms. The molecule has 0 aliphatic heterocycles. The van der Waals surface area contributed by atoms with Crippen LogP contribution < -0.4 is 14.2 Å². The van der Waals surface area contributed by atoms with E-state index in [0.717, 1.165) is 112 Å². The minimum atomic E-state index is -3.55. The molecule has 81 heavy (non-hydrogen) atoms. The minimum absolute atomic E-state index is 0.284. The molecule has 0 spiro atoms. The third-order valence-corrected chi connectivity index (χ3v) is 19.5. The van der Waals surface area contributed by atoms with Crippen molar-refractivity contribution in [2.24, 2.45) is 0 Å². The first-order valence-electron chi connectivity index (χ1n) is 27.9. The average molecular weight is 1210 g/mol. The number of hydrogen-bond acceptors (Lipinski definition) is 6. The molecule has 0 atom stereocenters. The Labute approximate surface area is 495 Å². The zero-order chi connectivity index (χ0) is 57.3. The second-order valence-electron chi connectivity index (χ2n) is 19.9. The molecule has 0 unspecified atom stereocenters. The number of aryl methyl sites for hydroxylation is 3. The molecule has 0 aliphatic rings. The summed E-state index contributed by atoms with van der Waals surface area (Å²) in [5.41, 5.74) is 4.06. The van der Waals surface area contributed by atoms with E-state index >= 15 is 0 Å². The Balaban J connectivity index is 0.000000175. The molecule has 0 heterocycles. The van der Waals surface area contributed by atoms with Crippen molar-refractivity contribution >= 4 is 97.2 Å². The number of hydrogen-bond donors (Lipinski definition) is 3. The molecule has 0 saturated heterocycles. The van der Waals surface area contributed by atoms with Crippen LogP contribution in [0.3, 0.4) is 0 Å². The van der Waals surface area contributed by atoms with Crippen LogP contribution in [-0.2, 0) is 49.3 Å². The van der Waals surface area contributed by atoms with E-state index in [1.54, 1.807) is 91.0 Å². The van der Waals surface area contributed by atoms with Gasteiger partial charge in [-0.25, -0.2) is 39.4 Å². The molecule has 0 radical (unpaired) electrons. The average Bonchev–Trinajstić information content (AvgIpc) is 3.49. The SMILES string of the molecule is O=S(=O)(NCCCCCCc1ccccc1)c1cccc2c(Cl)cccc12.O=S(=O)(NCCCCCCc1ccccc1)c1cccc2c(Cl)cccc12.O=S(=O)(NCCCCCCc1ccccc1)c1cccc2c(Cl)cccc12. The summed E-state index contributed by atoms with van der Waals surface area (Å²) in [4.78, 5) is 0.852. The summed E-state index contributed by atoms with van der Waals surface area (Å²) < 4.78 is 84.2. The Hall–Kier alpha value is -5.64. The van der Waals surface area contributed by atoms with Gasteiger partial charge in [0, 0.05) is 67.0 Å². The van der Waals surface area contributed by atoms with Crippen molar-refractivity contribution in [2.75, 3.05) is 19.6 Å². The van der Waals surface area contributed by atoms with E-state index in [0.29, 0.717) is 50.9 Å². The summed E-state index contributed by atoms with van der Waals surface area (Å²) in [5, 5.41) is 5.89. The van der Waals surface area contributed by atoms with Crippen LogP contribution in [0, 0.1) is 0 Å². The highest BCUT2D eigenvalue weighted by Crippen LogP contribution is 2.31. The lowest BCUT2D eigenvalue weighted by Gasteiger charge is -2.10. The van der Waals surface area contributed by atoms with Gasteiger partial charge in [-0.05, 0) is 111 Å². The van der Waals surface area contributed by atoms with E-state index in [9.17, 15) is 25.3 Å². The number of fused-ring (bicyclic) bond motifs is 3. The van der Waals surface area contributed by atoms with Gasteiger partial charge in [-0.1, -0.05) is 237 Å². The number of rotatable bonds is 27. The molecular formula is C66H72Cl3N3O6S3. The van der Waals surface area contributed by atoms with Crippen molar-refractivity contribution in [3.8, 4) is 0 Å². The number of benzene rings is 9. The molecule has 15 heteroatoms. The van der Waals surface area contributed by atoms with E-state index in [4.69, 9.17) is 34.8 Å². The molecule has 426 valence electrons. The molecule has 9 rings (SSSR count). The van der Waals surface area contributed by atoms with Gasteiger partial charge in [0.25, 0.3) is 0 Å². The van der Waals surface area contributed by atoms with Crippen molar-refractivity contribution in [1.82, 2.24) is 14.2 Å². The smallest absolute Gasteiger partial charge is 0.211 e. The highest BCUT2D eigenvalue weighted by atomic mass is 35.5.